The summed E-state index contributed by atoms with van der Waals surface area (Å²) in [4.78, 5) is 5.24. The highest BCUT2D eigenvalue weighted by atomic mass is 15.1. The zero-order valence-electron chi connectivity index (χ0n) is 22.3. The normalized spacial score (nSPS) is 11.9. The molecule has 190 valence electrons. The van der Waals surface area contributed by atoms with Crippen LogP contribution in [0.25, 0.3) is 81.8 Å². The molecule has 0 saturated carbocycles. The van der Waals surface area contributed by atoms with E-state index >= 15 is 0 Å². The second-order valence-corrected chi connectivity index (χ2v) is 10.7. The Morgan fingerprint density at radius 1 is 0.390 bits per heavy atom. The molecule has 0 spiro atoms. The van der Waals surface area contributed by atoms with Gasteiger partial charge in [-0.2, -0.15) is 0 Å². The maximum atomic E-state index is 5.24. The van der Waals surface area contributed by atoms with Gasteiger partial charge in [0, 0.05) is 33.3 Å². The van der Waals surface area contributed by atoms with Crippen molar-refractivity contribution in [3.8, 4) is 16.9 Å². The van der Waals surface area contributed by atoms with Crippen molar-refractivity contribution in [2.75, 3.05) is 0 Å². The third-order valence-electron chi connectivity index (χ3n) is 8.61. The number of hydrogen-bond acceptors (Lipinski definition) is 1. The highest BCUT2D eigenvalue weighted by molar-refractivity contribution is 6.33. The van der Waals surface area contributed by atoms with Crippen LogP contribution in [-0.4, -0.2) is 9.55 Å². The van der Waals surface area contributed by atoms with Crippen molar-refractivity contribution in [1.29, 1.82) is 0 Å². The van der Waals surface area contributed by atoms with Gasteiger partial charge in [-0.25, -0.2) is 4.98 Å². The molecule has 2 nitrogen and oxygen atoms in total. The van der Waals surface area contributed by atoms with Gasteiger partial charge in [-0.3, -0.25) is 4.57 Å². The van der Waals surface area contributed by atoms with Crippen LogP contribution in [0.4, 0.5) is 0 Å². The van der Waals surface area contributed by atoms with Gasteiger partial charge >= 0.3 is 0 Å². The fourth-order valence-corrected chi connectivity index (χ4v) is 6.87. The predicted octanol–water partition coefficient (Wildman–Crippen LogP) is 10.5. The van der Waals surface area contributed by atoms with Crippen molar-refractivity contribution in [3.63, 3.8) is 0 Å². The minimum atomic E-state index is 0.955. The average molecular weight is 521 g/mol. The van der Waals surface area contributed by atoms with Crippen LogP contribution < -0.4 is 0 Å². The summed E-state index contributed by atoms with van der Waals surface area (Å²) in [5.74, 6) is 0.955. The molecule has 0 N–H and O–H groups in total. The fraction of sp³-hybridized carbons (Fsp3) is 0. The van der Waals surface area contributed by atoms with Crippen molar-refractivity contribution < 1.29 is 0 Å². The minimum absolute atomic E-state index is 0.955. The van der Waals surface area contributed by atoms with Crippen LogP contribution in [0, 0.1) is 0 Å². The maximum Gasteiger partial charge on any atom is 0.145 e. The molecule has 9 aromatic rings. The first kappa shape index (κ1) is 22.4. The van der Waals surface area contributed by atoms with Gasteiger partial charge < -0.3 is 0 Å². The van der Waals surface area contributed by atoms with E-state index in [-0.39, 0.29) is 0 Å². The molecule has 0 fully saturated rings. The summed E-state index contributed by atoms with van der Waals surface area (Å²) in [7, 11) is 0. The SMILES string of the molecule is c1ccc(-c2cnc(-n3c4ccccc4c4ccc5c6ccccc6c6ccccc6c5c43)c3ccccc23)cc1. The number of nitrogens with zero attached hydrogens (tertiary/aromatic N) is 2. The van der Waals surface area contributed by atoms with E-state index in [1.54, 1.807) is 0 Å². The maximum absolute atomic E-state index is 5.24. The van der Waals surface area contributed by atoms with Crippen molar-refractivity contribution >= 4 is 64.9 Å². The molecule has 2 aromatic heterocycles. The zero-order chi connectivity index (χ0) is 26.9. The molecule has 2 heteroatoms. The van der Waals surface area contributed by atoms with E-state index in [9.17, 15) is 0 Å². The van der Waals surface area contributed by atoms with Gasteiger partial charge in [0.25, 0.3) is 0 Å². The van der Waals surface area contributed by atoms with E-state index in [2.05, 4.69) is 144 Å². The molecule has 2 heterocycles. The van der Waals surface area contributed by atoms with Crippen molar-refractivity contribution in [2.24, 2.45) is 0 Å². The van der Waals surface area contributed by atoms with Crippen molar-refractivity contribution in [3.05, 3.63) is 146 Å². The third-order valence-corrected chi connectivity index (χ3v) is 8.61. The zero-order valence-corrected chi connectivity index (χ0v) is 22.3. The molecule has 0 amide bonds. The second-order valence-electron chi connectivity index (χ2n) is 10.7. The standard InChI is InChI=1S/C39H24N2/c1-2-12-25(13-3-1)35-24-40-39(34-20-9-7-17-29(34)35)41-36-21-11-10-18-30(36)33-23-22-32-28-16-5-4-14-26(28)27-15-6-8-19-31(27)37(32)38(33)41/h1-24H. The summed E-state index contributed by atoms with van der Waals surface area (Å²) in [6.07, 6.45) is 2.05. The smallest absolute Gasteiger partial charge is 0.145 e. The molecule has 0 bridgehead atoms. The number of para-hydroxylation sites is 1. The van der Waals surface area contributed by atoms with E-state index in [0.29, 0.717) is 0 Å². The molecule has 0 aliphatic carbocycles. The molecule has 0 aliphatic rings. The van der Waals surface area contributed by atoms with Gasteiger partial charge in [-0.15, -0.1) is 0 Å². The Hall–Kier alpha value is -5.47. The highest BCUT2D eigenvalue weighted by Gasteiger charge is 2.20. The van der Waals surface area contributed by atoms with Gasteiger partial charge in [-0.05, 0) is 43.9 Å². The van der Waals surface area contributed by atoms with E-state index in [4.69, 9.17) is 4.98 Å². The van der Waals surface area contributed by atoms with Gasteiger partial charge in [0.05, 0.1) is 11.0 Å². The Balaban J connectivity index is 1.52. The Morgan fingerprint density at radius 2 is 0.902 bits per heavy atom. The molecule has 0 atom stereocenters. The molecule has 0 aliphatic heterocycles. The molecule has 0 radical (unpaired) electrons. The molecule has 0 saturated heterocycles. The summed E-state index contributed by atoms with van der Waals surface area (Å²) >= 11 is 0. The molecule has 41 heavy (non-hydrogen) atoms. The van der Waals surface area contributed by atoms with Gasteiger partial charge in [0.1, 0.15) is 5.82 Å². The molecular weight excluding hydrogens is 496 g/mol. The quantitative estimate of drug-likeness (QED) is 0.207. The predicted molar refractivity (Wildman–Crippen MR) is 174 cm³/mol. The largest absolute Gasteiger partial charge is 0.293 e. The van der Waals surface area contributed by atoms with Gasteiger partial charge in [-0.1, -0.05) is 133 Å². The monoisotopic (exact) mass is 520 g/mol. The lowest BCUT2D eigenvalue weighted by molar-refractivity contribution is 1.11. The van der Waals surface area contributed by atoms with Crippen LogP contribution in [0.3, 0.4) is 0 Å². The highest BCUT2D eigenvalue weighted by Crippen LogP contribution is 2.43. The van der Waals surface area contributed by atoms with Crippen LogP contribution in [0.1, 0.15) is 0 Å². The first-order valence-electron chi connectivity index (χ1n) is 14.1. The van der Waals surface area contributed by atoms with Crippen LogP contribution in [0.5, 0.6) is 0 Å². The lowest BCUT2D eigenvalue weighted by atomic mass is 9.93. The van der Waals surface area contributed by atoms with Gasteiger partial charge in [0.2, 0.25) is 0 Å². The molecule has 9 rings (SSSR count). The molecule has 7 aromatic carbocycles. The molecule has 0 unspecified atom stereocenters. The number of benzene rings is 7. The van der Waals surface area contributed by atoms with Crippen molar-refractivity contribution in [1.82, 2.24) is 9.55 Å². The number of pyridine rings is 1. The first-order chi connectivity index (χ1) is 20.4. The van der Waals surface area contributed by atoms with Crippen LogP contribution >= 0.6 is 0 Å². The number of aromatic nitrogens is 2. The summed E-state index contributed by atoms with van der Waals surface area (Å²) in [6.45, 7) is 0. The number of rotatable bonds is 2. The second kappa shape index (κ2) is 8.51. The summed E-state index contributed by atoms with van der Waals surface area (Å²) in [5.41, 5.74) is 4.69. The Labute approximate surface area is 236 Å². The van der Waals surface area contributed by atoms with E-state index in [1.165, 1.54) is 59.6 Å². The van der Waals surface area contributed by atoms with E-state index < -0.39 is 0 Å². The van der Waals surface area contributed by atoms with Crippen molar-refractivity contribution in [2.45, 2.75) is 0 Å². The summed E-state index contributed by atoms with van der Waals surface area (Å²) in [5, 5.41) is 12.4. The summed E-state index contributed by atoms with van der Waals surface area (Å²) in [6, 6.07) is 50.2. The lowest BCUT2D eigenvalue weighted by Gasteiger charge is -2.16. The topological polar surface area (TPSA) is 17.8 Å². The van der Waals surface area contributed by atoms with Gasteiger partial charge in [0.15, 0.2) is 0 Å². The Kier molecular flexibility index (Phi) is 4.64. The van der Waals surface area contributed by atoms with Crippen LogP contribution in [-0.2, 0) is 0 Å². The first-order valence-corrected chi connectivity index (χ1v) is 14.1. The van der Waals surface area contributed by atoms with Crippen LogP contribution in [0.15, 0.2) is 146 Å². The average Bonchev–Trinajstić information content (AvgIpc) is 3.39. The fourth-order valence-electron chi connectivity index (χ4n) is 6.87. The third kappa shape index (κ3) is 3.10. The molecular formula is C39H24N2. The lowest BCUT2D eigenvalue weighted by Crippen LogP contribution is -2.00. The Bertz CT molecular complexity index is 2430. The Morgan fingerprint density at radius 3 is 1.63 bits per heavy atom. The van der Waals surface area contributed by atoms with E-state index in [0.717, 1.165) is 22.3 Å². The van der Waals surface area contributed by atoms with Crippen LogP contribution in [0.2, 0.25) is 0 Å². The minimum Gasteiger partial charge on any atom is -0.293 e. The number of fused-ring (bicyclic) bond motifs is 11. The van der Waals surface area contributed by atoms with E-state index in [1.807, 2.05) is 6.20 Å². The number of hydrogen-bond donors (Lipinski definition) is 0. The summed E-state index contributed by atoms with van der Waals surface area (Å²) < 4.78 is 2.41.